The lowest BCUT2D eigenvalue weighted by Gasteiger charge is -2.23. The van der Waals surface area contributed by atoms with Crippen LogP contribution in [0.25, 0.3) is 0 Å². The monoisotopic (exact) mass is 379 g/mol. The average molecular weight is 379 g/mol. The molecule has 0 aliphatic carbocycles. The zero-order chi connectivity index (χ0) is 18.7. The van der Waals surface area contributed by atoms with E-state index in [0.717, 1.165) is 24.1 Å². The summed E-state index contributed by atoms with van der Waals surface area (Å²) < 4.78 is 52.5. The molecule has 0 aromatic heterocycles. The molecule has 0 saturated carbocycles. The molecular formula is C19H22FNO4S. The average Bonchev–Trinajstić information content (AvgIpc) is 2.84. The number of hydrogen-bond donors (Lipinski definition) is 1. The molecular weight excluding hydrogens is 357 g/mol. The predicted octanol–water partition coefficient (Wildman–Crippen LogP) is 3.66. The van der Waals surface area contributed by atoms with Gasteiger partial charge < -0.3 is 9.47 Å². The SMILES string of the molecule is CC(C)[C@H](NS(=O)(=O)c1ccc(F)cc1)c1ccc2c(c1)OCCCO2. The Morgan fingerprint density at radius 2 is 1.65 bits per heavy atom. The maximum atomic E-state index is 13.1. The molecule has 26 heavy (non-hydrogen) atoms. The van der Waals surface area contributed by atoms with Crippen molar-refractivity contribution < 1.29 is 22.3 Å². The van der Waals surface area contributed by atoms with Crippen LogP contribution >= 0.6 is 0 Å². The highest BCUT2D eigenvalue weighted by molar-refractivity contribution is 7.89. The van der Waals surface area contributed by atoms with E-state index >= 15 is 0 Å². The Hall–Kier alpha value is -2.12. The number of ether oxygens (including phenoxy) is 2. The molecule has 1 heterocycles. The molecule has 1 aliphatic heterocycles. The van der Waals surface area contributed by atoms with E-state index in [4.69, 9.17) is 9.47 Å². The van der Waals surface area contributed by atoms with Crippen molar-refractivity contribution in [3.05, 3.63) is 53.8 Å². The summed E-state index contributed by atoms with van der Waals surface area (Å²) in [5.41, 5.74) is 0.787. The summed E-state index contributed by atoms with van der Waals surface area (Å²) in [6.07, 6.45) is 0.800. The van der Waals surface area contributed by atoms with Crippen molar-refractivity contribution in [3.8, 4) is 11.5 Å². The number of nitrogens with one attached hydrogen (secondary N) is 1. The van der Waals surface area contributed by atoms with Crippen LogP contribution in [-0.2, 0) is 10.0 Å². The molecule has 3 rings (SSSR count). The summed E-state index contributed by atoms with van der Waals surface area (Å²) >= 11 is 0. The highest BCUT2D eigenvalue weighted by Crippen LogP contribution is 2.34. The first-order valence-electron chi connectivity index (χ1n) is 8.54. The molecule has 0 saturated heterocycles. The fourth-order valence-electron chi connectivity index (χ4n) is 2.81. The highest BCUT2D eigenvalue weighted by atomic mass is 32.2. The van der Waals surface area contributed by atoms with Crippen LogP contribution in [0.15, 0.2) is 47.4 Å². The molecule has 7 heteroatoms. The molecule has 1 N–H and O–H groups in total. The molecule has 5 nitrogen and oxygen atoms in total. The maximum absolute atomic E-state index is 13.1. The second-order valence-electron chi connectivity index (χ2n) is 6.55. The second-order valence-corrected chi connectivity index (χ2v) is 8.27. The molecule has 1 aliphatic rings. The Morgan fingerprint density at radius 1 is 1.00 bits per heavy atom. The van der Waals surface area contributed by atoms with Crippen molar-refractivity contribution in [2.75, 3.05) is 13.2 Å². The first kappa shape index (κ1) is 18.7. The van der Waals surface area contributed by atoms with Crippen molar-refractivity contribution in [1.29, 1.82) is 0 Å². The largest absolute Gasteiger partial charge is 0.490 e. The van der Waals surface area contributed by atoms with E-state index in [9.17, 15) is 12.8 Å². The lowest BCUT2D eigenvalue weighted by molar-refractivity contribution is 0.297. The quantitative estimate of drug-likeness (QED) is 0.861. The fraction of sp³-hybridized carbons (Fsp3) is 0.368. The maximum Gasteiger partial charge on any atom is 0.241 e. The molecule has 0 spiro atoms. The van der Waals surface area contributed by atoms with Gasteiger partial charge >= 0.3 is 0 Å². The summed E-state index contributed by atoms with van der Waals surface area (Å²) in [7, 11) is -3.79. The van der Waals surface area contributed by atoms with Crippen LogP contribution in [0.3, 0.4) is 0 Å². The zero-order valence-electron chi connectivity index (χ0n) is 14.7. The van der Waals surface area contributed by atoms with E-state index in [0.29, 0.717) is 24.7 Å². The zero-order valence-corrected chi connectivity index (χ0v) is 15.6. The summed E-state index contributed by atoms with van der Waals surface area (Å²) in [6.45, 7) is 5.02. The van der Waals surface area contributed by atoms with Gasteiger partial charge in [-0.1, -0.05) is 19.9 Å². The molecule has 140 valence electrons. The molecule has 0 unspecified atom stereocenters. The van der Waals surface area contributed by atoms with Gasteiger partial charge in [-0.15, -0.1) is 0 Å². The third-order valence-corrected chi connectivity index (χ3v) is 5.66. The van der Waals surface area contributed by atoms with E-state index in [1.165, 1.54) is 12.1 Å². The third kappa shape index (κ3) is 4.16. The minimum atomic E-state index is -3.79. The second kappa shape index (κ2) is 7.63. The van der Waals surface area contributed by atoms with Gasteiger partial charge in [0.05, 0.1) is 18.1 Å². The molecule has 1 atom stereocenters. The van der Waals surface area contributed by atoms with Crippen molar-refractivity contribution in [3.63, 3.8) is 0 Å². The summed E-state index contributed by atoms with van der Waals surface area (Å²) in [4.78, 5) is 0.0268. The van der Waals surface area contributed by atoms with Gasteiger partial charge in [-0.05, 0) is 47.9 Å². The van der Waals surface area contributed by atoms with E-state index in [2.05, 4.69) is 4.72 Å². The molecule has 2 aromatic rings. The third-order valence-electron chi connectivity index (χ3n) is 4.20. The van der Waals surface area contributed by atoms with Crippen LogP contribution in [0.1, 0.15) is 31.9 Å². The molecule has 2 aromatic carbocycles. The first-order chi connectivity index (χ1) is 12.4. The van der Waals surface area contributed by atoms with Gasteiger partial charge in [0, 0.05) is 12.5 Å². The van der Waals surface area contributed by atoms with Gasteiger partial charge in [-0.3, -0.25) is 0 Å². The summed E-state index contributed by atoms with van der Waals surface area (Å²) in [6, 6.07) is 9.77. The summed E-state index contributed by atoms with van der Waals surface area (Å²) in [5.74, 6) is 0.795. The van der Waals surface area contributed by atoms with Crippen LogP contribution in [0.2, 0.25) is 0 Å². The standard InChI is InChI=1S/C19H22FNO4S/c1-13(2)19(21-26(22,23)16-7-5-15(20)6-8-16)14-4-9-17-18(12-14)25-11-3-10-24-17/h4-9,12-13,19,21H,3,10-11H2,1-2H3/t19-/m0/s1. The van der Waals surface area contributed by atoms with Crippen LogP contribution in [0, 0.1) is 11.7 Å². The van der Waals surface area contributed by atoms with Crippen LogP contribution in [0.5, 0.6) is 11.5 Å². The van der Waals surface area contributed by atoms with Crippen LogP contribution in [0.4, 0.5) is 4.39 Å². The van der Waals surface area contributed by atoms with Gasteiger partial charge in [-0.2, -0.15) is 0 Å². The normalized spacial score (nSPS) is 15.5. The number of sulfonamides is 1. The van der Waals surface area contributed by atoms with Crippen molar-refractivity contribution >= 4 is 10.0 Å². The topological polar surface area (TPSA) is 64.6 Å². The Bertz CT molecular complexity index is 866. The highest BCUT2D eigenvalue weighted by Gasteiger charge is 2.25. The lowest BCUT2D eigenvalue weighted by Crippen LogP contribution is -2.31. The molecule has 0 bridgehead atoms. The van der Waals surface area contributed by atoms with Crippen molar-refractivity contribution in [2.24, 2.45) is 5.92 Å². The number of hydrogen-bond acceptors (Lipinski definition) is 4. The minimum Gasteiger partial charge on any atom is -0.490 e. The van der Waals surface area contributed by atoms with Gasteiger partial charge in [0.2, 0.25) is 10.0 Å². The first-order valence-corrected chi connectivity index (χ1v) is 10.0. The van der Waals surface area contributed by atoms with E-state index < -0.39 is 21.9 Å². The smallest absolute Gasteiger partial charge is 0.241 e. The minimum absolute atomic E-state index is 0.00466. The van der Waals surface area contributed by atoms with E-state index in [-0.39, 0.29) is 10.8 Å². The van der Waals surface area contributed by atoms with Gasteiger partial charge in [0.1, 0.15) is 5.82 Å². The van der Waals surface area contributed by atoms with Crippen LogP contribution in [-0.4, -0.2) is 21.6 Å². The fourth-order valence-corrected chi connectivity index (χ4v) is 4.18. The number of fused-ring (bicyclic) bond motifs is 1. The van der Waals surface area contributed by atoms with Gasteiger partial charge in [-0.25, -0.2) is 17.5 Å². The summed E-state index contributed by atoms with van der Waals surface area (Å²) in [5, 5.41) is 0. The van der Waals surface area contributed by atoms with Gasteiger partial charge in [0.25, 0.3) is 0 Å². The Kier molecular flexibility index (Phi) is 5.48. The van der Waals surface area contributed by atoms with Crippen LogP contribution < -0.4 is 14.2 Å². The Morgan fingerprint density at radius 3 is 2.31 bits per heavy atom. The predicted molar refractivity (Wildman–Crippen MR) is 96.3 cm³/mol. The Balaban J connectivity index is 1.90. The number of halogens is 1. The number of rotatable bonds is 5. The Labute approximate surface area is 153 Å². The molecule has 0 radical (unpaired) electrons. The van der Waals surface area contributed by atoms with Crippen molar-refractivity contribution in [2.45, 2.75) is 31.2 Å². The molecule has 0 amide bonds. The van der Waals surface area contributed by atoms with Gasteiger partial charge in [0.15, 0.2) is 11.5 Å². The van der Waals surface area contributed by atoms with E-state index in [1.54, 1.807) is 6.07 Å². The molecule has 0 fully saturated rings. The number of benzene rings is 2. The lowest BCUT2D eigenvalue weighted by atomic mass is 9.97. The van der Waals surface area contributed by atoms with E-state index in [1.807, 2.05) is 26.0 Å². The van der Waals surface area contributed by atoms with Crippen molar-refractivity contribution in [1.82, 2.24) is 4.72 Å².